The Morgan fingerprint density at radius 2 is 1.60 bits per heavy atom. The topological polar surface area (TPSA) is 0 Å². The fraction of sp³-hybridized carbons (Fsp3) is 0.400. The largest absolute Gasteiger partial charge is 0.0635 e. The lowest BCUT2D eigenvalue weighted by Crippen LogP contribution is -1.81. The van der Waals surface area contributed by atoms with E-state index in [-0.39, 0.29) is 0 Å². The standard InChI is InChI=1S/C10H14/c1-3-9(4-2)10-7-5-6-8-10/h5-8H,3-4H2,1-2H3. The van der Waals surface area contributed by atoms with Crippen LogP contribution < -0.4 is 0 Å². The van der Waals surface area contributed by atoms with Crippen molar-refractivity contribution < 1.29 is 0 Å². The number of rotatable bonds is 2. The van der Waals surface area contributed by atoms with Crippen LogP contribution in [0.25, 0.3) is 0 Å². The van der Waals surface area contributed by atoms with E-state index in [1.165, 1.54) is 18.4 Å². The monoisotopic (exact) mass is 134 g/mol. The molecule has 0 N–H and O–H groups in total. The molecule has 1 rings (SSSR count). The second kappa shape index (κ2) is 3.40. The Labute approximate surface area is 62.9 Å². The van der Waals surface area contributed by atoms with Crippen molar-refractivity contribution in [2.24, 2.45) is 0 Å². The normalized spacial score (nSPS) is 14.8. The Balaban J connectivity index is 2.81. The van der Waals surface area contributed by atoms with E-state index in [9.17, 15) is 0 Å². The molecule has 0 heterocycles. The summed E-state index contributed by atoms with van der Waals surface area (Å²) in [5, 5.41) is 0. The second-order valence-electron chi connectivity index (χ2n) is 2.48. The highest BCUT2D eigenvalue weighted by Crippen LogP contribution is 2.18. The van der Waals surface area contributed by atoms with Gasteiger partial charge in [-0.2, -0.15) is 0 Å². The first-order valence-electron chi connectivity index (χ1n) is 3.95. The van der Waals surface area contributed by atoms with Crippen LogP contribution in [0.4, 0.5) is 0 Å². The summed E-state index contributed by atoms with van der Waals surface area (Å²) in [5.41, 5.74) is 2.98. The van der Waals surface area contributed by atoms with Crippen molar-refractivity contribution in [2.45, 2.75) is 26.7 Å². The molecule has 0 atom stereocenters. The van der Waals surface area contributed by atoms with Gasteiger partial charge in [0.15, 0.2) is 0 Å². The van der Waals surface area contributed by atoms with Gasteiger partial charge in [-0.1, -0.05) is 43.7 Å². The van der Waals surface area contributed by atoms with Crippen molar-refractivity contribution in [3.8, 4) is 0 Å². The van der Waals surface area contributed by atoms with Crippen LogP contribution in [0.5, 0.6) is 0 Å². The quantitative estimate of drug-likeness (QED) is 0.544. The highest BCUT2D eigenvalue weighted by Gasteiger charge is 1.98. The Bertz CT molecular complexity index is 172. The molecule has 1 aliphatic rings. The van der Waals surface area contributed by atoms with Gasteiger partial charge in [0, 0.05) is 0 Å². The number of hydrogen-bond donors (Lipinski definition) is 0. The molecule has 0 unspecified atom stereocenters. The number of allylic oxidation sites excluding steroid dienone is 6. The molecule has 0 fully saturated rings. The lowest BCUT2D eigenvalue weighted by Gasteiger charge is -2.01. The van der Waals surface area contributed by atoms with Gasteiger partial charge < -0.3 is 0 Å². The van der Waals surface area contributed by atoms with Crippen LogP contribution in [0, 0.1) is 0 Å². The molecule has 54 valence electrons. The predicted molar refractivity (Wildman–Crippen MR) is 45.9 cm³/mol. The van der Waals surface area contributed by atoms with E-state index in [0.717, 1.165) is 0 Å². The van der Waals surface area contributed by atoms with Crippen molar-refractivity contribution >= 4 is 0 Å². The molecule has 0 bridgehead atoms. The lowest BCUT2D eigenvalue weighted by atomic mass is 10.0. The minimum absolute atomic E-state index is 1.18. The van der Waals surface area contributed by atoms with Crippen LogP contribution in [0.15, 0.2) is 35.5 Å². The van der Waals surface area contributed by atoms with Crippen LogP contribution in [0.3, 0.4) is 0 Å². The molecule has 0 aliphatic heterocycles. The molecular weight excluding hydrogens is 120 g/mol. The van der Waals surface area contributed by atoms with Gasteiger partial charge in [-0.25, -0.2) is 0 Å². The first-order valence-corrected chi connectivity index (χ1v) is 3.95. The zero-order valence-electron chi connectivity index (χ0n) is 6.72. The molecule has 0 aromatic heterocycles. The zero-order chi connectivity index (χ0) is 7.40. The van der Waals surface area contributed by atoms with Crippen LogP contribution in [-0.4, -0.2) is 0 Å². The lowest BCUT2D eigenvalue weighted by molar-refractivity contribution is 0.967. The highest BCUT2D eigenvalue weighted by atomic mass is 14.0. The third-order valence-corrected chi connectivity index (χ3v) is 1.92. The highest BCUT2D eigenvalue weighted by molar-refractivity contribution is 5.43. The van der Waals surface area contributed by atoms with Crippen molar-refractivity contribution in [3.05, 3.63) is 35.5 Å². The van der Waals surface area contributed by atoms with Gasteiger partial charge in [0.1, 0.15) is 0 Å². The molecule has 0 radical (unpaired) electrons. The summed E-state index contributed by atoms with van der Waals surface area (Å²) in [7, 11) is 0. The maximum absolute atomic E-state index is 2.21. The predicted octanol–water partition coefficient (Wildman–Crippen LogP) is 3.23. The summed E-state index contributed by atoms with van der Waals surface area (Å²) >= 11 is 0. The molecule has 0 spiro atoms. The van der Waals surface area contributed by atoms with Gasteiger partial charge in [0.25, 0.3) is 0 Å². The first-order chi connectivity index (χ1) is 4.88. The van der Waals surface area contributed by atoms with Gasteiger partial charge in [0.2, 0.25) is 0 Å². The van der Waals surface area contributed by atoms with Crippen molar-refractivity contribution in [1.82, 2.24) is 0 Å². The molecular formula is C10H14. The first kappa shape index (κ1) is 7.33. The van der Waals surface area contributed by atoms with E-state index in [2.05, 4.69) is 38.2 Å². The third-order valence-electron chi connectivity index (χ3n) is 1.92. The second-order valence-corrected chi connectivity index (χ2v) is 2.48. The van der Waals surface area contributed by atoms with Crippen molar-refractivity contribution in [3.63, 3.8) is 0 Å². The molecule has 0 amide bonds. The third kappa shape index (κ3) is 1.38. The minimum atomic E-state index is 1.18. The van der Waals surface area contributed by atoms with Gasteiger partial charge in [0.05, 0.1) is 0 Å². The summed E-state index contributed by atoms with van der Waals surface area (Å²) in [4.78, 5) is 0. The Kier molecular flexibility index (Phi) is 2.49. The fourth-order valence-corrected chi connectivity index (χ4v) is 1.27. The summed E-state index contributed by atoms with van der Waals surface area (Å²) in [6, 6.07) is 0. The van der Waals surface area contributed by atoms with Crippen LogP contribution >= 0.6 is 0 Å². The summed E-state index contributed by atoms with van der Waals surface area (Å²) < 4.78 is 0. The molecule has 1 aliphatic carbocycles. The maximum atomic E-state index is 2.21. The summed E-state index contributed by atoms with van der Waals surface area (Å²) in [6.45, 7) is 4.43. The van der Waals surface area contributed by atoms with Gasteiger partial charge in [-0.05, 0) is 18.4 Å². The van der Waals surface area contributed by atoms with Crippen LogP contribution in [-0.2, 0) is 0 Å². The average molecular weight is 134 g/mol. The summed E-state index contributed by atoms with van der Waals surface area (Å²) in [6.07, 6.45) is 10.9. The zero-order valence-corrected chi connectivity index (χ0v) is 6.72. The molecule has 0 nitrogen and oxygen atoms in total. The van der Waals surface area contributed by atoms with Crippen molar-refractivity contribution in [1.29, 1.82) is 0 Å². The van der Waals surface area contributed by atoms with Crippen LogP contribution in [0.2, 0.25) is 0 Å². The fourth-order valence-electron chi connectivity index (χ4n) is 1.27. The molecule has 0 saturated carbocycles. The van der Waals surface area contributed by atoms with Crippen LogP contribution in [0.1, 0.15) is 26.7 Å². The molecule has 0 saturated heterocycles. The van der Waals surface area contributed by atoms with Gasteiger partial charge in [-0.15, -0.1) is 0 Å². The number of hydrogen-bond acceptors (Lipinski definition) is 0. The molecule has 0 aromatic rings. The minimum Gasteiger partial charge on any atom is -0.0635 e. The Hall–Kier alpha value is -0.780. The Morgan fingerprint density at radius 1 is 1.10 bits per heavy atom. The van der Waals surface area contributed by atoms with E-state index in [0.29, 0.717) is 0 Å². The summed E-state index contributed by atoms with van der Waals surface area (Å²) in [5.74, 6) is 0. The van der Waals surface area contributed by atoms with E-state index in [1.54, 1.807) is 5.57 Å². The Morgan fingerprint density at radius 3 is 2.00 bits per heavy atom. The molecule has 10 heavy (non-hydrogen) atoms. The maximum Gasteiger partial charge on any atom is -0.0265 e. The average Bonchev–Trinajstić information content (AvgIpc) is 2.43. The van der Waals surface area contributed by atoms with E-state index in [4.69, 9.17) is 0 Å². The van der Waals surface area contributed by atoms with Crippen molar-refractivity contribution in [2.75, 3.05) is 0 Å². The molecule has 0 heteroatoms. The van der Waals surface area contributed by atoms with E-state index in [1.807, 2.05) is 0 Å². The van der Waals surface area contributed by atoms with E-state index < -0.39 is 0 Å². The SMILES string of the molecule is CCC(CC)=C1C=CC=C1. The smallest absolute Gasteiger partial charge is 0.0265 e. The van der Waals surface area contributed by atoms with E-state index >= 15 is 0 Å². The van der Waals surface area contributed by atoms with Gasteiger partial charge >= 0.3 is 0 Å². The molecule has 0 aromatic carbocycles. The van der Waals surface area contributed by atoms with Gasteiger partial charge in [-0.3, -0.25) is 0 Å².